The Bertz CT molecular complexity index is 958. The zero-order chi connectivity index (χ0) is 24.3. The minimum absolute atomic E-state index is 0. The Morgan fingerprint density at radius 3 is 1.66 bits per heavy atom. The molecule has 0 heterocycles. The van der Waals surface area contributed by atoms with Crippen LogP contribution in [0.1, 0.15) is 30.3 Å². The molecule has 3 rings (SSSR count). The van der Waals surface area contributed by atoms with Crippen molar-refractivity contribution in [2.75, 3.05) is 26.3 Å². The van der Waals surface area contributed by atoms with Crippen LogP contribution in [-0.4, -0.2) is 53.4 Å². The normalized spacial score (nSPS) is 13.4. The first-order valence-electron chi connectivity index (χ1n) is 11.3. The molecule has 4 N–H and O–H groups in total. The Balaban J connectivity index is 0.00000432. The molecule has 0 aliphatic heterocycles. The fourth-order valence-corrected chi connectivity index (χ4v) is 3.55. The maximum Gasteiger partial charge on any atom is 0.255 e. The number of carbonyl (C=O) groups excluding carboxylic acids is 1. The average Bonchev–Trinajstić information content (AvgIpc) is 2.87. The number of primary amides is 1. The molecule has 0 bridgehead atoms. The van der Waals surface area contributed by atoms with Crippen LogP contribution in [0, 0.1) is 0 Å². The van der Waals surface area contributed by atoms with Crippen molar-refractivity contribution in [3.05, 3.63) is 96.1 Å². The first-order chi connectivity index (χ1) is 16.4. The highest BCUT2D eigenvalue weighted by molar-refractivity contribution is 5.85. The van der Waals surface area contributed by atoms with Gasteiger partial charge in [0.1, 0.15) is 18.1 Å². The zero-order valence-corrected chi connectivity index (χ0v) is 20.5. The second-order valence-corrected chi connectivity index (χ2v) is 8.19. The van der Waals surface area contributed by atoms with E-state index in [1.807, 2.05) is 72.5 Å². The Labute approximate surface area is 212 Å². The Kier molecular flexibility index (Phi) is 11.5. The number of rotatable bonds is 13. The molecular formula is C27H33ClN2O5. The van der Waals surface area contributed by atoms with Crippen molar-refractivity contribution in [3.8, 4) is 11.5 Å². The van der Waals surface area contributed by atoms with Gasteiger partial charge in [0.2, 0.25) is 0 Å². The van der Waals surface area contributed by atoms with Crippen molar-refractivity contribution < 1.29 is 24.5 Å². The maximum absolute atomic E-state index is 10.8. The van der Waals surface area contributed by atoms with Crippen LogP contribution in [0.5, 0.6) is 11.5 Å². The summed E-state index contributed by atoms with van der Waals surface area (Å²) in [4.78, 5) is 12.9. The van der Waals surface area contributed by atoms with Gasteiger partial charge in [-0.1, -0.05) is 60.7 Å². The van der Waals surface area contributed by atoms with Gasteiger partial charge in [0.25, 0.3) is 5.91 Å². The largest absolute Gasteiger partial charge is 0.492 e. The van der Waals surface area contributed by atoms with E-state index in [1.54, 1.807) is 24.3 Å². The number of nitrogens with zero attached hydrogens (tertiary/aromatic N) is 1. The van der Waals surface area contributed by atoms with E-state index in [0.717, 1.165) is 11.1 Å². The molecule has 0 aliphatic rings. The molecule has 0 saturated carbocycles. The highest BCUT2D eigenvalue weighted by Crippen LogP contribution is 2.22. The topological polar surface area (TPSA) is 105 Å². The molecule has 3 unspecified atom stereocenters. The van der Waals surface area contributed by atoms with E-state index in [2.05, 4.69) is 0 Å². The molecule has 0 saturated heterocycles. The second kappa shape index (κ2) is 14.3. The summed E-state index contributed by atoms with van der Waals surface area (Å²) < 4.78 is 11.2. The van der Waals surface area contributed by atoms with E-state index in [0.29, 0.717) is 31.2 Å². The van der Waals surface area contributed by atoms with Crippen LogP contribution >= 0.6 is 12.4 Å². The smallest absolute Gasteiger partial charge is 0.255 e. The Morgan fingerprint density at radius 2 is 1.23 bits per heavy atom. The summed E-state index contributed by atoms with van der Waals surface area (Å²) in [6.45, 7) is 2.86. The number of ether oxygens (including phenoxy) is 2. The molecule has 0 fully saturated rings. The quantitative estimate of drug-likeness (QED) is 0.332. The lowest BCUT2D eigenvalue weighted by atomic mass is 10.1. The molecule has 0 aliphatic carbocycles. The van der Waals surface area contributed by atoms with Crippen molar-refractivity contribution >= 4 is 18.3 Å². The monoisotopic (exact) mass is 500 g/mol. The fourth-order valence-electron chi connectivity index (χ4n) is 3.55. The summed E-state index contributed by atoms with van der Waals surface area (Å²) in [5.41, 5.74) is 6.74. The maximum atomic E-state index is 10.8. The lowest BCUT2D eigenvalue weighted by Crippen LogP contribution is -2.42. The van der Waals surface area contributed by atoms with Crippen LogP contribution in [0.2, 0.25) is 0 Å². The van der Waals surface area contributed by atoms with Crippen LogP contribution in [0.25, 0.3) is 0 Å². The number of carbonyl (C=O) groups is 1. The fraction of sp³-hybridized carbons (Fsp3) is 0.296. The molecule has 1 amide bonds. The summed E-state index contributed by atoms with van der Waals surface area (Å²) in [5, 5.41) is 21.6. The Morgan fingerprint density at radius 1 is 0.800 bits per heavy atom. The summed E-state index contributed by atoms with van der Waals surface area (Å²) in [6, 6.07) is 25.8. The second-order valence-electron chi connectivity index (χ2n) is 8.19. The Hall–Kier alpha value is -3.10. The minimum Gasteiger partial charge on any atom is -0.492 e. The number of hydrogen-bond acceptors (Lipinski definition) is 6. The SMILES string of the molecule is CC(COc1ccc(OCC(N)=O)cc1)N(CC(O)c1ccccc1)CC(O)c1ccccc1.Cl. The van der Waals surface area contributed by atoms with E-state index >= 15 is 0 Å². The van der Waals surface area contributed by atoms with E-state index < -0.39 is 18.1 Å². The van der Waals surface area contributed by atoms with Crippen LogP contribution in [0.4, 0.5) is 0 Å². The summed E-state index contributed by atoms with van der Waals surface area (Å²) >= 11 is 0. The molecule has 8 heteroatoms. The van der Waals surface area contributed by atoms with Gasteiger partial charge in [-0.2, -0.15) is 0 Å². The summed E-state index contributed by atoms with van der Waals surface area (Å²) in [5.74, 6) is 0.632. The molecule has 0 radical (unpaired) electrons. The van der Waals surface area contributed by atoms with Crippen LogP contribution in [0.3, 0.4) is 0 Å². The molecule has 0 aromatic heterocycles. The third kappa shape index (κ3) is 9.22. The zero-order valence-electron chi connectivity index (χ0n) is 19.7. The number of aliphatic hydroxyl groups is 2. The van der Waals surface area contributed by atoms with Gasteiger partial charge in [0.15, 0.2) is 6.61 Å². The van der Waals surface area contributed by atoms with Crippen molar-refractivity contribution in [1.29, 1.82) is 0 Å². The summed E-state index contributed by atoms with van der Waals surface area (Å²) in [6.07, 6.45) is -1.40. The molecule has 7 nitrogen and oxygen atoms in total. The van der Waals surface area contributed by atoms with Crippen LogP contribution in [-0.2, 0) is 4.79 Å². The number of nitrogens with two attached hydrogens (primary N) is 1. The van der Waals surface area contributed by atoms with Crippen molar-refractivity contribution in [2.24, 2.45) is 5.73 Å². The highest BCUT2D eigenvalue weighted by atomic mass is 35.5. The van der Waals surface area contributed by atoms with Crippen molar-refractivity contribution in [3.63, 3.8) is 0 Å². The third-order valence-electron chi connectivity index (χ3n) is 5.50. The molecule has 3 atom stereocenters. The van der Waals surface area contributed by atoms with Crippen LogP contribution in [0.15, 0.2) is 84.9 Å². The number of hydrogen-bond donors (Lipinski definition) is 3. The van der Waals surface area contributed by atoms with E-state index in [4.69, 9.17) is 15.2 Å². The molecule has 3 aromatic carbocycles. The lowest BCUT2D eigenvalue weighted by molar-refractivity contribution is -0.119. The van der Waals surface area contributed by atoms with E-state index in [-0.39, 0.29) is 25.1 Å². The van der Waals surface area contributed by atoms with E-state index in [1.165, 1.54) is 0 Å². The highest BCUT2D eigenvalue weighted by Gasteiger charge is 2.23. The third-order valence-corrected chi connectivity index (χ3v) is 5.50. The molecule has 188 valence electrons. The molecule has 35 heavy (non-hydrogen) atoms. The van der Waals surface area contributed by atoms with Gasteiger partial charge >= 0.3 is 0 Å². The van der Waals surface area contributed by atoms with Crippen molar-refractivity contribution in [2.45, 2.75) is 25.2 Å². The van der Waals surface area contributed by atoms with Gasteiger partial charge < -0.3 is 25.4 Å². The first-order valence-corrected chi connectivity index (χ1v) is 11.3. The number of halogens is 1. The first kappa shape index (κ1) is 28.1. The summed E-state index contributed by atoms with van der Waals surface area (Å²) in [7, 11) is 0. The predicted molar refractivity (Wildman–Crippen MR) is 138 cm³/mol. The molecule has 0 spiro atoms. The lowest BCUT2D eigenvalue weighted by Gasteiger charge is -2.32. The number of benzene rings is 3. The minimum atomic E-state index is -0.701. The van der Waals surface area contributed by atoms with Gasteiger partial charge in [0, 0.05) is 19.1 Å². The average molecular weight is 501 g/mol. The van der Waals surface area contributed by atoms with Gasteiger partial charge in [0.05, 0.1) is 12.2 Å². The van der Waals surface area contributed by atoms with Gasteiger partial charge in [-0.15, -0.1) is 12.4 Å². The number of aliphatic hydroxyl groups excluding tert-OH is 2. The standard InChI is InChI=1S/C27H32N2O5.ClH/c1-20(18-33-23-12-14-24(15-13-23)34-19-27(28)32)29(16-25(30)21-8-4-2-5-9-21)17-26(31)22-10-6-3-7-11-22;/h2-15,20,25-26,30-31H,16-19H2,1H3,(H2,28,32);1H. The van der Waals surface area contributed by atoms with Gasteiger partial charge in [-0.3, -0.25) is 9.69 Å². The molecule has 3 aromatic rings. The van der Waals surface area contributed by atoms with E-state index in [9.17, 15) is 15.0 Å². The molecular weight excluding hydrogens is 468 g/mol. The predicted octanol–water partition coefficient (Wildman–Crippen LogP) is 3.51. The van der Waals surface area contributed by atoms with Crippen molar-refractivity contribution in [1.82, 2.24) is 4.90 Å². The van der Waals surface area contributed by atoms with Gasteiger partial charge in [-0.25, -0.2) is 0 Å². The number of amides is 1. The van der Waals surface area contributed by atoms with Crippen LogP contribution < -0.4 is 15.2 Å². The van der Waals surface area contributed by atoms with Gasteiger partial charge in [-0.05, 0) is 42.3 Å².